The Morgan fingerprint density at radius 2 is 2.24 bits per heavy atom. The summed E-state index contributed by atoms with van der Waals surface area (Å²) in [5.74, 6) is 0.511. The lowest BCUT2D eigenvalue weighted by atomic mass is 10.4. The van der Waals surface area contributed by atoms with Crippen molar-refractivity contribution in [1.29, 1.82) is 0 Å². The number of guanidine groups is 1. The molecule has 0 aromatic carbocycles. The third-order valence-electron chi connectivity index (χ3n) is 2.94. The first-order valence-corrected chi connectivity index (χ1v) is 6.28. The second-order valence-electron chi connectivity index (χ2n) is 4.44. The summed E-state index contributed by atoms with van der Waals surface area (Å²) in [6, 6.07) is 0. The Morgan fingerprint density at radius 1 is 1.41 bits per heavy atom. The first kappa shape index (κ1) is 14.0. The standard InChI is InChI=1S/C12H25N5/c1-3-5-14-12(13)15-6-9-17-8-4-7-16(2)10-11-17/h3H,1,4-11H2,2H3,(H3,13,14,15). The molecule has 1 fully saturated rings. The summed E-state index contributed by atoms with van der Waals surface area (Å²) >= 11 is 0. The fraction of sp³-hybridized carbons (Fsp3) is 0.750. The van der Waals surface area contributed by atoms with E-state index in [2.05, 4.69) is 33.7 Å². The lowest BCUT2D eigenvalue weighted by Crippen LogP contribution is -2.34. The van der Waals surface area contributed by atoms with Gasteiger partial charge in [0.1, 0.15) is 0 Å². The molecular formula is C12H25N5. The first-order valence-electron chi connectivity index (χ1n) is 6.28. The van der Waals surface area contributed by atoms with Gasteiger partial charge in [-0.15, -0.1) is 6.58 Å². The van der Waals surface area contributed by atoms with E-state index in [0.717, 1.165) is 26.2 Å². The number of nitrogens with one attached hydrogen (secondary N) is 1. The van der Waals surface area contributed by atoms with Crippen molar-refractivity contribution in [3.05, 3.63) is 12.7 Å². The maximum atomic E-state index is 5.69. The molecule has 0 saturated carbocycles. The lowest BCUT2D eigenvalue weighted by molar-refractivity contribution is 0.283. The molecule has 98 valence electrons. The smallest absolute Gasteiger partial charge is 0.188 e. The van der Waals surface area contributed by atoms with Crippen LogP contribution in [0.15, 0.2) is 17.6 Å². The summed E-state index contributed by atoms with van der Waals surface area (Å²) in [5, 5.41) is 2.97. The van der Waals surface area contributed by atoms with E-state index in [0.29, 0.717) is 12.5 Å². The van der Waals surface area contributed by atoms with Crippen LogP contribution in [0.2, 0.25) is 0 Å². The van der Waals surface area contributed by atoms with Gasteiger partial charge < -0.3 is 20.9 Å². The molecule has 3 N–H and O–H groups in total. The van der Waals surface area contributed by atoms with E-state index in [1.54, 1.807) is 6.08 Å². The second kappa shape index (κ2) is 8.08. The summed E-state index contributed by atoms with van der Waals surface area (Å²) in [5.41, 5.74) is 5.69. The molecule has 0 bridgehead atoms. The maximum absolute atomic E-state index is 5.69. The van der Waals surface area contributed by atoms with Crippen molar-refractivity contribution in [3.8, 4) is 0 Å². The average Bonchev–Trinajstić information content (AvgIpc) is 2.52. The molecule has 0 aromatic rings. The largest absolute Gasteiger partial charge is 0.370 e. The Labute approximate surface area is 104 Å². The predicted molar refractivity (Wildman–Crippen MR) is 73.2 cm³/mol. The van der Waals surface area contributed by atoms with E-state index >= 15 is 0 Å². The molecule has 5 heteroatoms. The van der Waals surface area contributed by atoms with Gasteiger partial charge in [-0.2, -0.15) is 0 Å². The molecule has 0 aromatic heterocycles. The van der Waals surface area contributed by atoms with E-state index in [1.165, 1.54) is 19.5 Å². The molecule has 0 unspecified atom stereocenters. The Balaban J connectivity index is 2.18. The summed E-state index contributed by atoms with van der Waals surface area (Å²) in [7, 11) is 2.18. The molecule has 1 aliphatic heterocycles. The second-order valence-corrected chi connectivity index (χ2v) is 4.44. The molecule has 1 saturated heterocycles. The van der Waals surface area contributed by atoms with Crippen LogP contribution in [0.25, 0.3) is 0 Å². The molecule has 1 rings (SSSR count). The lowest BCUT2D eigenvalue weighted by Gasteiger charge is -2.18. The minimum absolute atomic E-state index is 0.511. The summed E-state index contributed by atoms with van der Waals surface area (Å²) in [6.07, 6.45) is 3.01. The SMILES string of the molecule is C=CCNC(N)=NCCN1CCCN(C)CC1. The Kier molecular flexibility index (Phi) is 6.65. The van der Waals surface area contributed by atoms with Crippen LogP contribution in [0.3, 0.4) is 0 Å². The zero-order valence-corrected chi connectivity index (χ0v) is 10.9. The fourth-order valence-corrected chi connectivity index (χ4v) is 1.87. The van der Waals surface area contributed by atoms with Gasteiger partial charge in [-0.1, -0.05) is 6.08 Å². The van der Waals surface area contributed by atoms with Crippen LogP contribution in [-0.2, 0) is 0 Å². The van der Waals surface area contributed by atoms with Crippen LogP contribution < -0.4 is 11.1 Å². The maximum Gasteiger partial charge on any atom is 0.188 e. The summed E-state index contributed by atoms with van der Waals surface area (Å²) in [4.78, 5) is 9.12. The van der Waals surface area contributed by atoms with Crippen molar-refractivity contribution in [2.45, 2.75) is 6.42 Å². The highest BCUT2D eigenvalue weighted by Crippen LogP contribution is 2.00. The van der Waals surface area contributed by atoms with Gasteiger partial charge in [-0.3, -0.25) is 4.99 Å². The predicted octanol–water partition coefficient (Wildman–Crippen LogP) is -0.286. The summed E-state index contributed by atoms with van der Waals surface area (Å²) < 4.78 is 0. The topological polar surface area (TPSA) is 56.9 Å². The third-order valence-corrected chi connectivity index (χ3v) is 2.94. The number of rotatable bonds is 5. The van der Waals surface area contributed by atoms with E-state index in [9.17, 15) is 0 Å². The highest BCUT2D eigenvalue weighted by molar-refractivity contribution is 5.77. The quantitative estimate of drug-likeness (QED) is 0.393. The monoisotopic (exact) mass is 239 g/mol. The van der Waals surface area contributed by atoms with Crippen LogP contribution in [0.5, 0.6) is 0 Å². The number of likely N-dealkylation sites (N-methyl/N-ethyl adjacent to an activating group) is 1. The number of hydrogen-bond acceptors (Lipinski definition) is 3. The van der Waals surface area contributed by atoms with Gasteiger partial charge in [0.15, 0.2) is 5.96 Å². The number of nitrogens with two attached hydrogens (primary N) is 1. The highest BCUT2D eigenvalue weighted by atomic mass is 15.2. The van der Waals surface area contributed by atoms with Crippen molar-refractivity contribution in [2.75, 3.05) is 52.9 Å². The Bertz CT molecular complexity index is 251. The molecule has 5 nitrogen and oxygen atoms in total. The molecule has 0 amide bonds. The molecule has 1 heterocycles. The normalized spacial score (nSPS) is 19.9. The van der Waals surface area contributed by atoms with E-state index in [4.69, 9.17) is 5.73 Å². The van der Waals surface area contributed by atoms with Crippen molar-refractivity contribution >= 4 is 5.96 Å². The van der Waals surface area contributed by atoms with Gasteiger partial charge >= 0.3 is 0 Å². The fourth-order valence-electron chi connectivity index (χ4n) is 1.87. The zero-order valence-electron chi connectivity index (χ0n) is 10.9. The van der Waals surface area contributed by atoms with Gasteiger partial charge in [0.25, 0.3) is 0 Å². The average molecular weight is 239 g/mol. The van der Waals surface area contributed by atoms with E-state index in [1.807, 2.05) is 0 Å². The van der Waals surface area contributed by atoms with Crippen molar-refractivity contribution < 1.29 is 0 Å². The highest BCUT2D eigenvalue weighted by Gasteiger charge is 2.10. The minimum atomic E-state index is 0.511. The van der Waals surface area contributed by atoms with Crippen LogP contribution in [0.4, 0.5) is 0 Å². The molecule has 0 atom stereocenters. The van der Waals surface area contributed by atoms with Crippen LogP contribution in [0.1, 0.15) is 6.42 Å². The third kappa shape index (κ3) is 6.28. The van der Waals surface area contributed by atoms with Crippen LogP contribution in [0, 0.1) is 0 Å². The Hall–Kier alpha value is -1.07. The van der Waals surface area contributed by atoms with Crippen molar-refractivity contribution in [3.63, 3.8) is 0 Å². The number of aliphatic imine (C=N–C) groups is 1. The van der Waals surface area contributed by atoms with Gasteiger partial charge in [0, 0.05) is 26.2 Å². The van der Waals surface area contributed by atoms with Crippen LogP contribution in [-0.4, -0.2) is 68.6 Å². The van der Waals surface area contributed by atoms with E-state index < -0.39 is 0 Å². The molecule has 0 radical (unpaired) electrons. The van der Waals surface area contributed by atoms with Crippen molar-refractivity contribution in [2.24, 2.45) is 10.7 Å². The van der Waals surface area contributed by atoms with Gasteiger partial charge in [-0.25, -0.2) is 0 Å². The molecule has 0 aliphatic carbocycles. The zero-order chi connectivity index (χ0) is 12.5. The van der Waals surface area contributed by atoms with Gasteiger partial charge in [0.05, 0.1) is 6.54 Å². The summed E-state index contributed by atoms with van der Waals surface area (Å²) in [6.45, 7) is 10.7. The number of hydrogen-bond donors (Lipinski definition) is 2. The molecule has 0 spiro atoms. The van der Waals surface area contributed by atoms with Crippen molar-refractivity contribution in [1.82, 2.24) is 15.1 Å². The van der Waals surface area contributed by atoms with Gasteiger partial charge in [-0.05, 0) is 26.6 Å². The molecule has 17 heavy (non-hydrogen) atoms. The molecular weight excluding hydrogens is 214 g/mol. The number of nitrogens with zero attached hydrogens (tertiary/aromatic N) is 3. The van der Waals surface area contributed by atoms with E-state index in [-0.39, 0.29) is 0 Å². The first-order chi connectivity index (χ1) is 8.22. The minimum Gasteiger partial charge on any atom is -0.370 e. The van der Waals surface area contributed by atoms with Crippen LogP contribution >= 0.6 is 0 Å². The van der Waals surface area contributed by atoms with Gasteiger partial charge in [0.2, 0.25) is 0 Å². The Morgan fingerprint density at radius 3 is 3.00 bits per heavy atom. The molecule has 1 aliphatic rings.